The Morgan fingerprint density at radius 1 is 1.05 bits per heavy atom. The first-order valence-corrected chi connectivity index (χ1v) is 16.5. The van der Waals surface area contributed by atoms with Gasteiger partial charge in [-0.2, -0.15) is 0 Å². The van der Waals surface area contributed by atoms with Gasteiger partial charge in [-0.3, -0.25) is 4.79 Å². The lowest BCUT2D eigenvalue weighted by atomic mass is 9.67. The Hall–Kier alpha value is -2.49. The number of phenols is 1. The third-order valence-electron chi connectivity index (χ3n) is 9.68. The highest BCUT2D eigenvalue weighted by Gasteiger charge is 2.40. The van der Waals surface area contributed by atoms with Gasteiger partial charge in [0.1, 0.15) is 5.75 Å². The molecule has 0 aromatic heterocycles. The van der Waals surface area contributed by atoms with Crippen molar-refractivity contribution in [3.63, 3.8) is 0 Å². The van der Waals surface area contributed by atoms with Crippen molar-refractivity contribution in [2.45, 2.75) is 76.5 Å². The van der Waals surface area contributed by atoms with Crippen LogP contribution < -0.4 is 0 Å². The Morgan fingerprint density at radius 3 is 2.41 bits per heavy atom. The molecule has 8 nitrogen and oxygen atoms in total. The number of methoxy groups -OCH3 is 2. The van der Waals surface area contributed by atoms with Crippen LogP contribution in [0.5, 0.6) is 5.75 Å². The quantitative estimate of drug-likeness (QED) is 0.202. The number of benzene rings is 2. The van der Waals surface area contributed by atoms with Crippen LogP contribution in [0.15, 0.2) is 48.5 Å². The standard InChI is InChI=1S/C36H54N2O6/c1-28(2)37-20-17-36(18-21-37,31-8-6-5-7-9-31)32-26-30(10-11-33(32)39)15-24-44-25-16-34(40)38(27-35(41-3)42-4)19-12-29-13-22-43-23-14-29/h5-11,26,28-29,35,39H,12-25,27H2,1-4H3. The van der Waals surface area contributed by atoms with Crippen LogP contribution >= 0.6 is 0 Å². The molecule has 2 aromatic carbocycles. The number of hydrogen-bond acceptors (Lipinski definition) is 7. The highest BCUT2D eigenvalue weighted by atomic mass is 16.7. The van der Waals surface area contributed by atoms with Crippen LogP contribution in [0.2, 0.25) is 0 Å². The molecule has 0 unspecified atom stereocenters. The number of ether oxygens (including phenoxy) is 4. The van der Waals surface area contributed by atoms with Crippen LogP contribution in [0.3, 0.4) is 0 Å². The van der Waals surface area contributed by atoms with Crippen molar-refractivity contribution in [3.8, 4) is 5.75 Å². The first-order chi connectivity index (χ1) is 21.4. The maximum absolute atomic E-state index is 13.2. The van der Waals surface area contributed by atoms with Gasteiger partial charge in [0.15, 0.2) is 6.29 Å². The Kier molecular flexibility index (Phi) is 13.5. The lowest BCUT2D eigenvalue weighted by molar-refractivity contribution is -0.146. The molecule has 2 fully saturated rings. The lowest BCUT2D eigenvalue weighted by Crippen LogP contribution is -2.45. The second-order valence-corrected chi connectivity index (χ2v) is 12.6. The van der Waals surface area contributed by atoms with E-state index in [0.717, 1.165) is 69.5 Å². The molecular weight excluding hydrogens is 556 g/mol. The van der Waals surface area contributed by atoms with Crippen LogP contribution in [0, 0.1) is 5.92 Å². The number of piperidine rings is 1. The van der Waals surface area contributed by atoms with Gasteiger partial charge >= 0.3 is 0 Å². The van der Waals surface area contributed by atoms with Gasteiger partial charge < -0.3 is 33.9 Å². The summed E-state index contributed by atoms with van der Waals surface area (Å²) >= 11 is 0. The topological polar surface area (TPSA) is 80.7 Å². The van der Waals surface area contributed by atoms with Gasteiger partial charge in [0.25, 0.3) is 0 Å². The predicted octanol–water partition coefficient (Wildman–Crippen LogP) is 5.40. The molecule has 4 rings (SSSR count). The van der Waals surface area contributed by atoms with Crippen molar-refractivity contribution in [3.05, 3.63) is 65.2 Å². The first-order valence-electron chi connectivity index (χ1n) is 16.5. The van der Waals surface area contributed by atoms with Crippen molar-refractivity contribution in [1.29, 1.82) is 0 Å². The average Bonchev–Trinajstić information content (AvgIpc) is 3.06. The minimum atomic E-state index is -0.449. The van der Waals surface area contributed by atoms with Gasteiger partial charge in [0.05, 0.1) is 26.2 Å². The molecule has 1 amide bonds. The number of rotatable bonds is 16. The summed E-state index contributed by atoms with van der Waals surface area (Å²) in [5.41, 5.74) is 3.17. The van der Waals surface area contributed by atoms with E-state index < -0.39 is 6.29 Å². The summed E-state index contributed by atoms with van der Waals surface area (Å²) in [7, 11) is 3.20. The van der Waals surface area contributed by atoms with E-state index in [4.69, 9.17) is 18.9 Å². The fourth-order valence-electron chi connectivity index (χ4n) is 6.74. The maximum Gasteiger partial charge on any atom is 0.225 e. The van der Waals surface area contributed by atoms with E-state index >= 15 is 0 Å². The summed E-state index contributed by atoms with van der Waals surface area (Å²) in [6.45, 7) is 10.1. The third-order valence-corrected chi connectivity index (χ3v) is 9.68. The highest BCUT2D eigenvalue weighted by molar-refractivity contribution is 5.76. The van der Waals surface area contributed by atoms with Gasteiger partial charge in [-0.05, 0) is 88.6 Å². The van der Waals surface area contributed by atoms with Gasteiger partial charge in [-0.1, -0.05) is 42.5 Å². The molecule has 2 aliphatic rings. The van der Waals surface area contributed by atoms with E-state index in [0.29, 0.717) is 56.9 Å². The monoisotopic (exact) mass is 610 g/mol. The van der Waals surface area contributed by atoms with Gasteiger partial charge in [-0.15, -0.1) is 0 Å². The van der Waals surface area contributed by atoms with Crippen molar-refractivity contribution in [1.82, 2.24) is 9.80 Å². The molecule has 0 saturated carbocycles. The number of carbonyl (C=O) groups is 1. The number of likely N-dealkylation sites (tertiary alicyclic amines) is 1. The summed E-state index contributed by atoms with van der Waals surface area (Å²) in [6, 6.07) is 17.2. The maximum atomic E-state index is 13.2. The molecule has 0 radical (unpaired) electrons. The van der Waals surface area contributed by atoms with E-state index in [1.165, 1.54) is 5.56 Å². The van der Waals surface area contributed by atoms with Crippen LogP contribution in [-0.4, -0.2) is 100.0 Å². The number of nitrogens with zero attached hydrogens (tertiary/aromatic N) is 2. The minimum Gasteiger partial charge on any atom is -0.508 e. The SMILES string of the molecule is COC(CN(CCC1CCOCC1)C(=O)CCOCCc1ccc(O)c(C2(c3ccccc3)CCN(C(C)C)CC2)c1)OC. The molecule has 0 spiro atoms. The third kappa shape index (κ3) is 9.27. The van der Waals surface area contributed by atoms with E-state index in [9.17, 15) is 9.90 Å². The number of carbonyl (C=O) groups excluding carboxylic acids is 1. The molecule has 0 atom stereocenters. The Morgan fingerprint density at radius 2 is 1.75 bits per heavy atom. The Bertz CT molecular complexity index is 1120. The van der Waals surface area contributed by atoms with Crippen LogP contribution in [0.4, 0.5) is 0 Å². The normalized spacial score (nSPS) is 17.8. The lowest BCUT2D eigenvalue weighted by Gasteiger charge is -2.44. The predicted molar refractivity (Wildman–Crippen MR) is 173 cm³/mol. The van der Waals surface area contributed by atoms with Crippen molar-refractivity contribution < 1.29 is 28.8 Å². The molecule has 44 heavy (non-hydrogen) atoms. The zero-order valence-electron chi connectivity index (χ0n) is 27.3. The molecule has 0 bridgehead atoms. The van der Waals surface area contributed by atoms with Crippen LogP contribution in [0.1, 0.15) is 69.1 Å². The average molecular weight is 611 g/mol. The molecular formula is C36H54N2O6. The van der Waals surface area contributed by atoms with E-state index in [1.54, 1.807) is 14.2 Å². The largest absolute Gasteiger partial charge is 0.508 e. The van der Waals surface area contributed by atoms with Crippen molar-refractivity contribution in [2.24, 2.45) is 5.92 Å². The number of amides is 1. The molecule has 1 N–H and O–H groups in total. The smallest absolute Gasteiger partial charge is 0.225 e. The summed E-state index contributed by atoms with van der Waals surface area (Å²) in [5.74, 6) is 0.992. The zero-order chi connectivity index (χ0) is 31.4. The van der Waals surface area contributed by atoms with E-state index in [-0.39, 0.29) is 11.3 Å². The fourth-order valence-corrected chi connectivity index (χ4v) is 6.74. The fraction of sp³-hybridized carbons (Fsp3) is 0.639. The molecule has 8 heteroatoms. The van der Waals surface area contributed by atoms with Crippen LogP contribution in [-0.2, 0) is 35.6 Å². The summed E-state index contributed by atoms with van der Waals surface area (Å²) in [6.07, 6.45) is 5.56. The van der Waals surface area contributed by atoms with Crippen LogP contribution in [0.25, 0.3) is 0 Å². The van der Waals surface area contributed by atoms with Gasteiger partial charge in [-0.25, -0.2) is 0 Å². The van der Waals surface area contributed by atoms with Crippen molar-refractivity contribution >= 4 is 5.91 Å². The summed E-state index contributed by atoms with van der Waals surface area (Å²) in [4.78, 5) is 17.6. The number of phenolic OH excluding ortho intramolecular Hbond substituents is 1. The minimum absolute atomic E-state index is 0.0561. The molecule has 2 heterocycles. The molecule has 2 saturated heterocycles. The Labute approximate surface area is 264 Å². The second-order valence-electron chi connectivity index (χ2n) is 12.6. The Balaban J connectivity index is 1.33. The second kappa shape index (κ2) is 17.3. The van der Waals surface area contributed by atoms with Crippen molar-refractivity contribution in [2.75, 3.05) is 66.8 Å². The number of aromatic hydroxyl groups is 1. The number of hydrogen-bond donors (Lipinski definition) is 1. The van der Waals surface area contributed by atoms with Gasteiger partial charge in [0, 0.05) is 51.0 Å². The summed E-state index contributed by atoms with van der Waals surface area (Å²) in [5, 5.41) is 11.1. The summed E-state index contributed by atoms with van der Waals surface area (Å²) < 4.78 is 22.2. The van der Waals surface area contributed by atoms with E-state index in [2.05, 4.69) is 55.1 Å². The molecule has 0 aliphatic carbocycles. The van der Waals surface area contributed by atoms with Gasteiger partial charge in [0.2, 0.25) is 5.91 Å². The molecule has 244 valence electrons. The van der Waals surface area contributed by atoms with E-state index in [1.807, 2.05) is 17.0 Å². The molecule has 2 aliphatic heterocycles. The first kappa shape index (κ1) is 34.4. The molecule has 2 aromatic rings. The zero-order valence-corrected chi connectivity index (χ0v) is 27.3. The highest BCUT2D eigenvalue weighted by Crippen LogP contribution is 2.45.